The SMILES string of the molecule is C[N+]1(C)C(CO)=CSC1c1ccccc1.Cc1ccc(S(=O)(=O)[O-])cc1. The van der Waals surface area contributed by atoms with Gasteiger partial charge in [-0.1, -0.05) is 59.8 Å². The number of thioether (sulfide) groups is 1. The Labute approximate surface area is 159 Å². The maximum Gasteiger partial charge on any atom is 0.170 e. The maximum absolute atomic E-state index is 10.4. The van der Waals surface area contributed by atoms with Crippen LogP contribution in [0.1, 0.15) is 16.5 Å². The highest BCUT2D eigenvalue weighted by atomic mass is 32.2. The van der Waals surface area contributed by atoms with Gasteiger partial charge in [0.2, 0.25) is 0 Å². The van der Waals surface area contributed by atoms with E-state index < -0.39 is 10.1 Å². The molecular weight excluding hydrogens is 370 g/mol. The summed E-state index contributed by atoms with van der Waals surface area (Å²) in [5.41, 5.74) is 3.32. The van der Waals surface area contributed by atoms with Crippen LogP contribution in [0.25, 0.3) is 0 Å². The topological polar surface area (TPSA) is 77.4 Å². The summed E-state index contributed by atoms with van der Waals surface area (Å²) in [5, 5.41) is 11.7. The Morgan fingerprint density at radius 1 is 1.08 bits per heavy atom. The third-order valence-corrected chi connectivity index (χ3v) is 6.53. The molecule has 0 saturated carbocycles. The molecule has 1 aliphatic heterocycles. The van der Waals surface area contributed by atoms with Crippen LogP contribution in [0.3, 0.4) is 0 Å². The van der Waals surface area contributed by atoms with Gasteiger partial charge < -0.3 is 9.66 Å². The van der Waals surface area contributed by atoms with Crippen LogP contribution in [0.15, 0.2) is 70.6 Å². The van der Waals surface area contributed by atoms with Crippen LogP contribution >= 0.6 is 11.8 Å². The second-order valence-corrected chi connectivity index (χ2v) is 8.81. The lowest BCUT2D eigenvalue weighted by Crippen LogP contribution is -2.38. The predicted octanol–water partition coefficient (Wildman–Crippen LogP) is 3.24. The first-order valence-corrected chi connectivity index (χ1v) is 10.4. The number of likely N-dealkylation sites (N-methyl/N-ethyl adjacent to an activating group) is 1. The number of aryl methyl sites for hydroxylation is 1. The maximum atomic E-state index is 10.4. The molecule has 140 valence electrons. The number of nitrogens with zero attached hydrogens (tertiary/aromatic N) is 1. The minimum absolute atomic E-state index is 0.142. The van der Waals surface area contributed by atoms with Crippen molar-refractivity contribution in [3.8, 4) is 0 Å². The average Bonchev–Trinajstić information content (AvgIpc) is 2.90. The van der Waals surface area contributed by atoms with E-state index in [0.29, 0.717) is 5.37 Å². The highest BCUT2D eigenvalue weighted by Gasteiger charge is 2.38. The molecule has 0 amide bonds. The summed E-state index contributed by atoms with van der Waals surface area (Å²) in [4.78, 5) is -0.178. The van der Waals surface area contributed by atoms with E-state index in [2.05, 4.69) is 43.8 Å². The molecule has 0 spiro atoms. The van der Waals surface area contributed by atoms with Crippen LogP contribution in [0.2, 0.25) is 0 Å². The van der Waals surface area contributed by atoms with Crippen molar-refractivity contribution in [3.63, 3.8) is 0 Å². The van der Waals surface area contributed by atoms with Crippen LogP contribution in [0.4, 0.5) is 0 Å². The van der Waals surface area contributed by atoms with E-state index in [1.54, 1.807) is 23.9 Å². The lowest BCUT2D eigenvalue weighted by Gasteiger charge is -2.32. The van der Waals surface area contributed by atoms with Gasteiger partial charge in [-0.15, -0.1) is 0 Å². The molecule has 3 rings (SSSR count). The molecule has 2 aromatic rings. The molecule has 0 fully saturated rings. The number of rotatable bonds is 3. The van der Waals surface area contributed by atoms with E-state index in [0.717, 1.165) is 15.7 Å². The molecule has 2 aromatic carbocycles. The monoisotopic (exact) mass is 393 g/mol. The van der Waals surface area contributed by atoms with Crippen LogP contribution in [0, 0.1) is 6.92 Å². The Bertz CT molecular complexity index is 860. The number of aliphatic hydroxyl groups excluding tert-OH is 1. The summed E-state index contributed by atoms with van der Waals surface area (Å²) >= 11 is 1.79. The minimum atomic E-state index is -4.27. The van der Waals surface area contributed by atoms with Gasteiger partial charge in [0.05, 0.1) is 19.0 Å². The van der Waals surface area contributed by atoms with Gasteiger partial charge in [-0.2, -0.15) is 0 Å². The van der Waals surface area contributed by atoms with Gasteiger partial charge in [0, 0.05) is 11.0 Å². The van der Waals surface area contributed by atoms with Crippen LogP contribution in [-0.2, 0) is 10.1 Å². The first kappa shape index (κ1) is 20.7. The summed E-state index contributed by atoms with van der Waals surface area (Å²) in [6.45, 7) is 1.96. The zero-order valence-corrected chi connectivity index (χ0v) is 16.6. The molecule has 0 aliphatic carbocycles. The quantitative estimate of drug-likeness (QED) is 0.640. The minimum Gasteiger partial charge on any atom is -0.744 e. The molecule has 7 heteroatoms. The lowest BCUT2D eigenvalue weighted by atomic mass is 10.2. The molecule has 1 unspecified atom stereocenters. The Morgan fingerprint density at radius 2 is 1.65 bits per heavy atom. The third-order valence-electron chi connectivity index (χ3n) is 4.22. The molecule has 1 heterocycles. The third kappa shape index (κ3) is 4.96. The molecule has 5 nitrogen and oxygen atoms in total. The van der Waals surface area contributed by atoms with E-state index >= 15 is 0 Å². The van der Waals surface area contributed by atoms with E-state index in [1.165, 1.54) is 17.7 Å². The Kier molecular flexibility index (Phi) is 6.65. The van der Waals surface area contributed by atoms with E-state index in [4.69, 9.17) is 0 Å². The van der Waals surface area contributed by atoms with Crippen LogP contribution in [0.5, 0.6) is 0 Å². The lowest BCUT2D eigenvalue weighted by molar-refractivity contribution is -0.867. The summed E-state index contributed by atoms with van der Waals surface area (Å²) in [6, 6.07) is 16.2. The smallest absolute Gasteiger partial charge is 0.170 e. The number of quaternary nitrogens is 1. The molecule has 26 heavy (non-hydrogen) atoms. The van der Waals surface area contributed by atoms with Crippen molar-refractivity contribution >= 4 is 21.9 Å². The highest BCUT2D eigenvalue weighted by Crippen LogP contribution is 2.45. The van der Waals surface area contributed by atoms with Crippen LogP contribution in [-0.4, -0.2) is 43.3 Å². The molecule has 1 atom stereocenters. The Hall–Kier alpha value is -1.64. The fourth-order valence-corrected chi connectivity index (χ4v) is 4.43. The molecule has 0 radical (unpaired) electrons. The molecule has 0 bridgehead atoms. The van der Waals surface area contributed by atoms with Gasteiger partial charge in [0.15, 0.2) is 5.37 Å². The first-order valence-electron chi connectivity index (χ1n) is 8.03. The molecule has 1 aliphatic rings. The normalized spacial score (nSPS) is 18.7. The van der Waals surface area contributed by atoms with Gasteiger partial charge in [0.25, 0.3) is 0 Å². The second-order valence-electron chi connectivity index (χ2n) is 6.47. The molecule has 0 saturated heterocycles. The standard InChI is InChI=1S/C12H16NOS.C7H8O3S/c1-13(2)11(8-14)9-15-12(13)10-6-4-3-5-7-10;1-6-2-4-7(5-3-6)11(8,9)10/h3-7,9,12,14H,8H2,1-2H3;2-5H,1H3,(H,8,9,10)/q+1;/p-1. The van der Waals surface area contributed by atoms with Gasteiger partial charge in [0.1, 0.15) is 22.4 Å². The number of hydrogen-bond acceptors (Lipinski definition) is 5. The number of aliphatic hydroxyl groups is 1. The van der Waals surface area contributed by atoms with Gasteiger partial charge >= 0.3 is 0 Å². The molecule has 0 aromatic heterocycles. The predicted molar refractivity (Wildman–Crippen MR) is 103 cm³/mol. The zero-order chi connectivity index (χ0) is 19.4. The van der Waals surface area contributed by atoms with Crippen LogP contribution < -0.4 is 0 Å². The summed E-state index contributed by atoms with van der Waals surface area (Å²) < 4.78 is 31.9. The zero-order valence-electron chi connectivity index (χ0n) is 15.0. The van der Waals surface area contributed by atoms with Gasteiger partial charge in [-0.25, -0.2) is 8.42 Å². The van der Waals surface area contributed by atoms with Crippen molar-refractivity contribution < 1.29 is 22.6 Å². The van der Waals surface area contributed by atoms with Crippen molar-refractivity contribution in [2.45, 2.75) is 17.2 Å². The van der Waals surface area contributed by atoms with Gasteiger partial charge in [-0.3, -0.25) is 4.48 Å². The summed E-state index contributed by atoms with van der Waals surface area (Å²) in [7, 11) is 0.00764. The van der Waals surface area contributed by atoms with Crippen molar-refractivity contribution in [2.75, 3.05) is 20.7 Å². The van der Waals surface area contributed by atoms with Crippen molar-refractivity contribution in [1.82, 2.24) is 0 Å². The molecular formula is C19H23NO4S2. The van der Waals surface area contributed by atoms with E-state index in [1.807, 2.05) is 13.0 Å². The Balaban J connectivity index is 0.000000197. The fraction of sp³-hybridized carbons (Fsp3) is 0.263. The van der Waals surface area contributed by atoms with Gasteiger partial charge in [-0.05, 0) is 19.1 Å². The summed E-state index contributed by atoms with van der Waals surface area (Å²) in [6.07, 6.45) is 0. The fourth-order valence-electron chi connectivity index (χ4n) is 2.57. The highest BCUT2D eigenvalue weighted by molar-refractivity contribution is 8.02. The number of benzene rings is 2. The number of hydrogen-bond donors (Lipinski definition) is 1. The van der Waals surface area contributed by atoms with Crippen molar-refractivity contribution in [2.24, 2.45) is 0 Å². The second kappa shape index (κ2) is 8.37. The van der Waals surface area contributed by atoms with E-state index in [9.17, 15) is 18.1 Å². The van der Waals surface area contributed by atoms with Crippen molar-refractivity contribution in [1.29, 1.82) is 0 Å². The molecule has 1 N–H and O–H groups in total. The Morgan fingerprint density at radius 3 is 2.12 bits per heavy atom. The average molecular weight is 394 g/mol. The van der Waals surface area contributed by atoms with E-state index in [-0.39, 0.29) is 11.5 Å². The van der Waals surface area contributed by atoms with Crippen molar-refractivity contribution in [3.05, 3.63) is 76.8 Å². The largest absolute Gasteiger partial charge is 0.744 e. The summed E-state index contributed by atoms with van der Waals surface area (Å²) in [5.74, 6) is 0. The first-order chi connectivity index (χ1) is 12.2.